The fourth-order valence-corrected chi connectivity index (χ4v) is 1.64. The second kappa shape index (κ2) is 4.26. The van der Waals surface area contributed by atoms with E-state index in [-0.39, 0.29) is 0 Å². The van der Waals surface area contributed by atoms with Gasteiger partial charge in [0.25, 0.3) is 0 Å². The van der Waals surface area contributed by atoms with E-state index in [4.69, 9.17) is 5.11 Å². The molecule has 0 aliphatic heterocycles. The van der Waals surface area contributed by atoms with Gasteiger partial charge in [0.2, 0.25) is 5.78 Å². The molecule has 3 nitrogen and oxygen atoms in total. The van der Waals surface area contributed by atoms with Gasteiger partial charge in [-0.3, -0.25) is 4.79 Å². The van der Waals surface area contributed by atoms with Crippen molar-refractivity contribution < 1.29 is 14.7 Å². The number of aliphatic carboxylic acids is 1. The molecule has 1 aromatic rings. The molecule has 0 aliphatic carbocycles. The number of carbonyl (C=O) groups is 2. The van der Waals surface area contributed by atoms with Gasteiger partial charge in [-0.15, -0.1) is 0 Å². The van der Waals surface area contributed by atoms with E-state index in [1.807, 2.05) is 32.0 Å². The van der Waals surface area contributed by atoms with E-state index in [1.54, 1.807) is 6.92 Å². The third-order valence-corrected chi connectivity index (χ3v) is 2.50. The highest BCUT2D eigenvalue weighted by atomic mass is 16.4. The fraction of sp³-hybridized carbons (Fsp3) is 0.333. The van der Waals surface area contributed by atoms with Gasteiger partial charge in [-0.2, -0.15) is 0 Å². The van der Waals surface area contributed by atoms with E-state index >= 15 is 0 Å². The number of ketones is 1. The molecule has 15 heavy (non-hydrogen) atoms. The Morgan fingerprint density at radius 2 is 1.87 bits per heavy atom. The molecule has 0 fully saturated rings. The lowest BCUT2D eigenvalue weighted by Crippen LogP contribution is -2.20. The van der Waals surface area contributed by atoms with Crippen LogP contribution in [0.15, 0.2) is 18.2 Å². The van der Waals surface area contributed by atoms with Crippen LogP contribution in [0.5, 0.6) is 0 Å². The molecule has 0 heterocycles. The summed E-state index contributed by atoms with van der Waals surface area (Å²) in [5.74, 6) is -2.72. The van der Waals surface area contributed by atoms with Crippen molar-refractivity contribution in [3.05, 3.63) is 34.9 Å². The number of hydrogen-bond donors (Lipinski definition) is 1. The second-order valence-corrected chi connectivity index (χ2v) is 3.75. The van der Waals surface area contributed by atoms with Crippen LogP contribution in [0.4, 0.5) is 0 Å². The van der Waals surface area contributed by atoms with Crippen molar-refractivity contribution in [3.63, 3.8) is 0 Å². The normalized spacial score (nSPS) is 12.2. The van der Waals surface area contributed by atoms with Crippen LogP contribution in [0, 0.1) is 13.8 Å². The summed E-state index contributed by atoms with van der Waals surface area (Å²) in [5.41, 5.74) is 2.84. The summed E-state index contributed by atoms with van der Waals surface area (Å²) >= 11 is 0. The number of Topliss-reactive ketones (excluding diaryl/α,β-unsaturated/α-hetero) is 1. The standard InChI is InChI=1S/C12H14O3/c1-7-4-5-10(8(2)6-7)9(3)11(13)12(14)15/h4-6,9H,1-3H3,(H,14,15). The Morgan fingerprint density at radius 3 is 2.33 bits per heavy atom. The number of aryl methyl sites for hydroxylation is 2. The summed E-state index contributed by atoms with van der Waals surface area (Å²) in [4.78, 5) is 21.8. The zero-order chi connectivity index (χ0) is 11.6. The lowest BCUT2D eigenvalue weighted by atomic mass is 9.92. The Hall–Kier alpha value is -1.64. The summed E-state index contributed by atoms with van der Waals surface area (Å²) in [6, 6.07) is 5.64. The molecule has 0 saturated carbocycles. The van der Waals surface area contributed by atoms with Crippen LogP contribution in [0.3, 0.4) is 0 Å². The molecule has 0 bridgehead atoms. The molecule has 3 heteroatoms. The third kappa shape index (κ3) is 2.43. The van der Waals surface area contributed by atoms with Gasteiger partial charge >= 0.3 is 5.97 Å². The Balaban J connectivity index is 3.06. The van der Waals surface area contributed by atoms with Crippen LogP contribution in [0.25, 0.3) is 0 Å². The molecule has 80 valence electrons. The minimum Gasteiger partial charge on any atom is -0.475 e. The maximum absolute atomic E-state index is 11.3. The Kier molecular flexibility index (Phi) is 3.24. The number of carbonyl (C=O) groups excluding carboxylic acids is 1. The van der Waals surface area contributed by atoms with E-state index in [0.29, 0.717) is 0 Å². The van der Waals surface area contributed by atoms with E-state index in [9.17, 15) is 9.59 Å². The summed E-state index contributed by atoms with van der Waals surface area (Å²) in [5, 5.41) is 8.61. The smallest absolute Gasteiger partial charge is 0.372 e. The Labute approximate surface area is 88.7 Å². The predicted octanol–water partition coefficient (Wildman–Crippen LogP) is 2.06. The first-order valence-corrected chi connectivity index (χ1v) is 4.77. The van der Waals surface area contributed by atoms with E-state index in [1.165, 1.54) is 0 Å². The van der Waals surface area contributed by atoms with Crippen molar-refractivity contribution in [1.29, 1.82) is 0 Å². The van der Waals surface area contributed by atoms with E-state index in [2.05, 4.69) is 0 Å². The zero-order valence-electron chi connectivity index (χ0n) is 9.07. The predicted molar refractivity (Wildman–Crippen MR) is 57.0 cm³/mol. The molecule has 1 atom stereocenters. The molecule has 0 saturated heterocycles. The molecular weight excluding hydrogens is 192 g/mol. The van der Waals surface area contributed by atoms with Gasteiger partial charge in [-0.25, -0.2) is 4.79 Å². The SMILES string of the molecule is Cc1ccc(C(C)C(=O)C(=O)O)c(C)c1. The first-order valence-electron chi connectivity index (χ1n) is 4.77. The number of rotatable bonds is 3. The molecule has 1 unspecified atom stereocenters. The average Bonchev–Trinajstić information content (AvgIpc) is 2.15. The molecule has 0 aliphatic rings. The number of benzene rings is 1. The van der Waals surface area contributed by atoms with Crippen molar-refractivity contribution in [1.82, 2.24) is 0 Å². The monoisotopic (exact) mass is 206 g/mol. The molecule has 0 radical (unpaired) electrons. The van der Waals surface area contributed by atoms with Gasteiger partial charge in [0.1, 0.15) is 0 Å². The van der Waals surface area contributed by atoms with Gasteiger partial charge in [0.15, 0.2) is 0 Å². The van der Waals surface area contributed by atoms with Crippen LogP contribution < -0.4 is 0 Å². The molecular formula is C12H14O3. The Morgan fingerprint density at radius 1 is 1.27 bits per heavy atom. The summed E-state index contributed by atoms with van der Waals surface area (Å²) in [6.07, 6.45) is 0. The first-order chi connectivity index (χ1) is 6.93. The number of hydrogen-bond acceptors (Lipinski definition) is 2. The number of carboxylic acids is 1. The summed E-state index contributed by atoms with van der Waals surface area (Å²) in [6.45, 7) is 5.46. The van der Waals surface area contributed by atoms with Crippen molar-refractivity contribution in [2.24, 2.45) is 0 Å². The first kappa shape index (κ1) is 11.4. The maximum Gasteiger partial charge on any atom is 0.372 e. The zero-order valence-corrected chi connectivity index (χ0v) is 9.07. The van der Waals surface area contributed by atoms with Crippen LogP contribution in [-0.4, -0.2) is 16.9 Å². The van der Waals surface area contributed by atoms with Crippen molar-refractivity contribution >= 4 is 11.8 Å². The van der Waals surface area contributed by atoms with E-state index in [0.717, 1.165) is 16.7 Å². The lowest BCUT2D eigenvalue weighted by Gasteiger charge is -2.11. The van der Waals surface area contributed by atoms with Crippen LogP contribution in [0.2, 0.25) is 0 Å². The average molecular weight is 206 g/mol. The minimum atomic E-state index is -1.37. The Bertz CT molecular complexity index is 407. The molecule has 0 aromatic heterocycles. The van der Waals surface area contributed by atoms with Crippen LogP contribution >= 0.6 is 0 Å². The van der Waals surface area contributed by atoms with Crippen LogP contribution in [0.1, 0.15) is 29.5 Å². The molecule has 1 aromatic carbocycles. The minimum absolute atomic E-state index is 0.580. The molecule has 0 amide bonds. The van der Waals surface area contributed by atoms with Gasteiger partial charge < -0.3 is 5.11 Å². The largest absolute Gasteiger partial charge is 0.475 e. The molecule has 1 rings (SSSR count). The topological polar surface area (TPSA) is 54.4 Å². The van der Waals surface area contributed by atoms with Crippen molar-refractivity contribution in [2.45, 2.75) is 26.7 Å². The maximum atomic E-state index is 11.3. The quantitative estimate of drug-likeness (QED) is 0.770. The highest BCUT2D eigenvalue weighted by molar-refractivity contribution is 6.34. The second-order valence-electron chi connectivity index (χ2n) is 3.75. The van der Waals surface area contributed by atoms with Crippen LogP contribution in [-0.2, 0) is 9.59 Å². The van der Waals surface area contributed by atoms with Gasteiger partial charge in [-0.05, 0) is 25.0 Å². The highest BCUT2D eigenvalue weighted by Crippen LogP contribution is 2.21. The molecule has 0 spiro atoms. The lowest BCUT2D eigenvalue weighted by molar-refractivity contribution is -0.149. The van der Waals surface area contributed by atoms with Crippen molar-refractivity contribution in [3.8, 4) is 0 Å². The van der Waals surface area contributed by atoms with Crippen molar-refractivity contribution in [2.75, 3.05) is 0 Å². The fourth-order valence-electron chi connectivity index (χ4n) is 1.64. The molecule has 1 N–H and O–H groups in total. The summed E-state index contributed by atoms with van der Waals surface area (Å²) < 4.78 is 0. The van der Waals surface area contributed by atoms with Gasteiger partial charge in [0.05, 0.1) is 5.92 Å². The summed E-state index contributed by atoms with van der Waals surface area (Å²) in [7, 11) is 0. The number of carboxylic acid groups (broad SMARTS) is 1. The van der Waals surface area contributed by atoms with E-state index < -0.39 is 17.7 Å². The highest BCUT2D eigenvalue weighted by Gasteiger charge is 2.22. The van der Waals surface area contributed by atoms with Gasteiger partial charge in [-0.1, -0.05) is 30.7 Å². The third-order valence-electron chi connectivity index (χ3n) is 2.50. The van der Waals surface area contributed by atoms with Gasteiger partial charge in [0, 0.05) is 0 Å².